The van der Waals surface area contributed by atoms with Gasteiger partial charge in [-0.3, -0.25) is 9.59 Å². The van der Waals surface area contributed by atoms with E-state index in [-0.39, 0.29) is 24.8 Å². The van der Waals surface area contributed by atoms with Gasteiger partial charge in [0.1, 0.15) is 0 Å². The number of hydrogen-bond donors (Lipinski definition) is 2. The molecule has 8 heteroatoms. The van der Waals surface area contributed by atoms with Crippen molar-refractivity contribution in [3.8, 4) is 5.69 Å². The van der Waals surface area contributed by atoms with Crippen LogP contribution in [0.1, 0.15) is 16.8 Å². The molecule has 0 saturated carbocycles. The van der Waals surface area contributed by atoms with Gasteiger partial charge in [0.05, 0.1) is 22.0 Å². The van der Waals surface area contributed by atoms with E-state index in [0.717, 1.165) is 14.6 Å². The fraction of sp³-hybridized carbons (Fsp3) is 0.105. The van der Waals surface area contributed by atoms with Crippen LogP contribution >= 0.6 is 31.9 Å². The third-order valence-corrected chi connectivity index (χ3v) is 4.66. The van der Waals surface area contributed by atoms with Gasteiger partial charge >= 0.3 is 0 Å². The molecule has 0 aliphatic heterocycles. The number of nitrogens with one attached hydrogen (secondary N) is 2. The summed E-state index contributed by atoms with van der Waals surface area (Å²) in [5, 5.41) is 9.85. The molecule has 1 heterocycles. The number of para-hydroxylation sites is 2. The Labute approximate surface area is 173 Å². The van der Waals surface area contributed by atoms with Gasteiger partial charge in [-0.15, -0.1) is 0 Å². The minimum absolute atomic E-state index is 0.166. The van der Waals surface area contributed by atoms with Crippen LogP contribution in [-0.4, -0.2) is 28.1 Å². The maximum absolute atomic E-state index is 12.3. The van der Waals surface area contributed by atoms with Crippen LogP contribution in [0.2, 0.25) is 0 Å². The number of nitrogens with zero attached hydrogens (tertiary/aromatic N) is 2. The van der Waals surface area contributed by atoms with E-state index in [1.54, 1.807) is 35.1 Å². The first-order chi connectivity index (χ1) is 13.0. The average Bonchev–Trinajstić information content (AvgIpc) is 3.09. The van der Waals surface area contributed by atoms with Gasteiger partial charge in [0, 0.05) is 29.2 Å². The van der Waals surface area contributed by atoms with Crippen LogP contribution in [0.25, 0.3) is 5.69 Å². The molecule has 6 nitrogen and oxygen atoms in total. The fourth-order valence-corrected chi connectivity index (χ4v) is 2.97. The summed E-state index contributed by atoms with van der Waals surface area (Å²) >= 11 is 6.69. The first-order valence-corrected chi connectivity index (χ1v) is 9.75. The van der Waals surface area contributed by atoms with E-state index in [1.165, 1.54) is 0 Å². The Morgan fingerprint density at radius 2 is 1.74 bits per heavy atom. The van der Waals surface area contributed by atoms with Gasteiger partial charge in [-0.2, -0.15) is 5.10 Å². The summed E-state index contributed by atoms with van der Waals surface area (Å²) in [4.78, 5) is 24.3. The Balaban J connectivity index is 1.56. The van der Waals surface area contributed by atoms with Gasteiger partial charge in [0.15, 0.2) is 0 Å². The predicted octanol–water partition coefficient (Wildman–Crippen LogP) is 4.16. The van der Waals surface area contributed by atoms with Crippen LogP contribution in [0.3, 0.4) is 0 Å². The van der Waals surface area contributed by atoms with Gasteiger partial charge < -0.3 is 10.6 Å². The fourth-order valence-electron chi connectivity index (χ4n) is 2.42. The van der Waals surface area contributed by atoms with Crippen molar-refractivity contribution in [2.24, 2.45) is 0 Å². The van der Waals surface area contributed by atoms with Crippen molar-refractivity contribution in [2.75, 3.05) is 11.9 Å². The zero-order valence-corrected chi connectivity index (χ0v) is 17.3. The predicted molar refractivity (Wildman–Crippen MR) is 111 cm³/mol. The molecule has 1 aromatic heterocycles. The molecule has 0 aliphatic rings. The second kappa shape index (κ2) is 8.96. The highest BCUT2D eigenvalue weighted by Crippen LogP contribution is 2.21. The lowest BCUT2D eigenvalue weighted by molar-refractivity contribution is -0.116. The van der Waals surface area contributed by atoms with E-state index in [0.29, 0.717) is 11.3 Å². The zero-order chi connectivity index (χ0) is 19.2. The van der Waals surface area contributed by atoms with Crippen LogP contribution in [0.5, 0.6) is 0 Å². The molecule has 2 N–H and O–H groups in total. The molecule has 0 spiro atoms. The highest BCUT2D eigenvalue weighted by Gasteiger charge is 2.10. The second-order valence-electron chi connectivity index (χ2n) is 5.68. The monoisotopic (exact) mass is 490 g/mol. The summed E-state index contributed by atoms with van der Waals surface area (Å²) < 4.78 is 3.43. The highest BCUT2D eigenvalue weighted by molar-refractivity contribution is 9.10. The van der Waals surface area contributed by atoms with E-state index < -0.39 is 0 Å². The van der Waals surface area contributed by atoms with Crippen LogP contribution in [-0.2, 0) is 4.79 Å². The number of carbonyl (C=O) groups is 2. The smallest absolute Gasteiger partial charge is 0.251 e. The summed E-state index contributed by atoms with van der Waals surface area (Å²) in [5.41, 5.74) is 1.96. The lowest BCUT2D eigenvalue weighted by atomic mass is 10.2. The van der Waals surface area contributed by atoms with E-state index in [1.807, 2.05) is 30.5 Å². The van der Waals surface area contributed by atoms with Crippen molar-refractivity contribution in [3.63, 3.8) is 0 Å². The minimum Gasteiger partial charge on any atom is -0.352 e. The molecule has 0 aliphatic carbocycles. The number of amides is 2. The largest absolute Gasteiger partial charge is 0.352 e. The lowest BCUT2D eigenvalue weighted by Crippen LogP contribution is -2.27. The maximum Gasteiger partial charge on any atom is 0.251 e. The van der Waals surface area contributed by atoms with E-state index in [4.69, 9.17) is 0 Å². The second-order valence-corrected chi connectivity index (χ2v) is 7.51. The quantitative estimate of drug-likeness (QED) is 0.543. The molecule has 0 atom stereocenters. The van der Waals surface area contributed by atoms with Gasteiger partial charge in [-0.25, -0.2) is 4.68 Å². The third-order valence-electron chi connectivity index (χ3n) is 3.72. The zero-order valence-electron chi connectivity index (χ0n) is 14.2. The molecular formula is C19H16Br2N4O2. The number of benzene rings is 2. The van der Waals surface area contributed by atoms with Crippen LogP contribution < -0.4 is 10.6 Å². The van der Waals surface area contributed by atoms with Gasteiger partial charge in [0.2, 0.25) is 5.91 Å². The lowest BCUT2D eigenvalue weighted by Gasteiger charge is -2.11. The molecule has 138 valence electrons. The molecule has 27 heavy (non-hydrogen) atoms. The number of hydrogen-bond acceptors (Lipinski definition) is 3. The summed E-state index contributed by atoms with van der Waals surface area (Å²) in [7, 11) is 0. The number of rotatable bonds is 6. The molecule has 0 unspecified atom stereocenters. The van der Waals surface area contributed by atoms with Gasteiger partial charge in [-0.1, -0.05) is 28.1 Å². The van der Waals surface area contributed by atoms with Crippen LogP contribution in [0, 0.1) is 0 Å². The van der Waals surface area contributed by atoms with Crippen molar-refractivity contribution >= 4 is 49.4 Å². The maximum atomic E-state index is 12.3. The van der Waals surface area contributed by atoms with Crippen LogP contribution in [0.4, 0.5) is 5.69 Å². The van der Waals surface area contributed by atoms with Crippen molar-refractivity contribution in [3.05, 3.63) is 75.4 Å². The van der Waals surface area contributed by atoms with Crippen LogP contribution in [0.15, 0.2) is 69.9 Å². The summed E-state index contributed by atoms with van der Waals surface area (Å²) in [5.74, 6) is -0.401. The van der Waals surface area contributed by atoms with Crippen molar-refractivity contribution in [2.45, 2.75) is 6.42 Å². The number of aromatic nitrogens is 2. The summed E-state index contributed by atoms with van der Waals surface area (Å²) in [6, 6.07) is 14.4. The number of halogens is 2. The Kier molecular flexibility index (Phi) is 6.41. The first kappa shape index (κ1) is 19.3. The summed E-state index contributed by atoms with van der Waals surface area (Å²) in [6.07, 6.45) is 3.65. The molecule has 0 saturated heterocycles. The topological polar surface area (TPSA) is 76.0 Å². The van der Waals surface area contributed by atoms with E-state index in [2.05, 4.69) is 47.6 Å². The number of anilines is 1. The molecule has 0 bridgehead atoms. The normalized spacial score (nSPS) is 10.4. The SMILES string of the molecule is O=C(CCNC(=O)c1ccc(Br)cc1)Nc1ccccc1-n1cc(Br)cn1. The highest BCUT2D eigenvalue weighted by atomic mass is 79.9. The Morgan fingerprint density at radius 1 is 1.00 bits per heavy atom. The Bertz CT molecular complexity index is 954. The van der Waals surface area contributed by atoms with Crippen molar-refractivity contribution in [1.82, 2.24) is 15.1 Å². The average molecular weight is 492 g/mol. The van der Waals surface area contributed by atoms with E-state index >= 15 is 0 Å². The molecule has 2 aromatic carbocycles. The molecule has 0 radical (unpaired) electrons. The van der Waals surface area contributed by atoms with Gasteiger partial charge in [-0.05, 0) is 52.3 Å². The molecule has 0 fully saturated rings. The molecular weight excluding hydrogens is 476 g/mol. The van der Waals surface area contributed by atoms with Crippen molar-refractivity contribution < 1.29 is 9.59 Å². The standard InChI is InChI=1S/C19H16Br2N4O2/c20-14-7-5-13(6-8-14)19(27)22-10-9-18(26)24-16-3-1-2-4-17(16)25-12-15(21)11-23-25/h1-8,11-12H,9-10H2,(H,22,27)(H,24,26). The summed E-state index contributed by atoms with van der Waals surface area (Å²) in [6.45, 7) is 0.246. The van der Waals surface area contributed by atoms with E-state index in [9.17, 15) is 9.59 Å². The third kappa shape index (κ3) is 5.27. The molecule has 2 amide bonds. The molecule has 3 rings (SSSR count). The van der Waals surface area contributed by atoms with Gasteiger partial charge in [0.25, 0.3) is 5.91 Å². The number of carbonyl (C=O) groups excluding carboxylic acids is 2. The minimum atomic E-state index is -0.211. The Hall–Kier alpha value is -2.45. The first-order valence-electron chi connectivity index (χ1n) is 8.16. The Morgan fingerprint density at radius 3 is 2.44 bits per heavy atom. The van der Waals surface area contributed by atoms with Crippen molar-refractivity contribution in [1.29, 1.82) is 0 Å². The molecule has 3 aromatic rings.